The number of aryl methyl sites for hydroxylation is 1. The van der Waals surface area contributed by atoms with Crippen molar-refractivity contribution in [3.05, 3.63) is 70.8 Å². The van der Waals surface area contributed by atoms with Gasteiger partial charge < -0.3 is 15.1 Å². The van der Waals surface area contributed by atoms with E-state index in [4.69, 9.17) is 0 Å². The molecule has 154 valence electrons. The summed E-state index contributed by atoms with van der Waals surface area (Å²) in [5, 5.41) is 3.45. The molecule has 1 saturated heterocycles. The molecule has 0 bridgehead atoms. The third-order valence-corrected chi connectivity index (χ3v) is 5.41. The lowest BCUT2D eigenvalue weighted by Gasteiger charge is -2.22. The molecule has 5 heteroatoms. The Labute approximate surface area is 174 Å². The molecule has 0 spiro atoms. The number of benzene rings is 2. The van der Waals surface area contributed by atoms with Crippen LogP contribution in [0.2, 0.25) is 0 Å². The summed E-state index contributed by atoms with van der Waals surface area (Å²) in [5.74, 6) is 1.13. The van der Waals surface area contributed by atoms with Crippen LogP contribution in [0.4, 0.5) is 0 Å². The third-order valence-electron chi connectivity index (χ3n) is 5.41. The van der Waals surface area contributed by atoms with Crippen molar-refractivity contribution in [2.24, 2.45) is 4.99 Å². The van der Waals surface area contributed by atoms with Gasteiger partial charge in [-0.15, -0.1) is 0 Å². The molecule has 1 aliphatic heterocycles. The minimum atomic E-state index is 0.266. The van der Waals surface area contributed by atoms with E-state index < -0.39 is 0 Å². The Morgan fingerprint density at radius 3 is 2.48 bits per heavy atom. The fraction of sp³-hybridized carbons (Fsp3) is 0.417. The Morgan fingerprint density at radius 1 is 1.10 bits per heavy atom. The zero-order valence-corrected chi connectivity index (χ0v) is 17.8. The standard InChI is InChI=1S/C24H32N4O/c1-4-19-10-12-20(13-11-19)17-27(3)24(25-2)26-16-21-7-5-8-22(15-21)18-28-14-6-9-23(28)29/h5,7-8,10-13,15H,4,6,9,14,16-18H2,1-3H3,(H,25,26). The van der Waals surface area contributed by atoms with Crippen molar-refractivity contribution < 1.29 is 4.79 Å². The molecular formula is C24H32N4O. The number of rotatable bonds is 7. The molecule has 0 atom stereocenters. The van der Waals surface area contributed by atoms with Gasteiger partial charge in [0.15, 0.2) is 5.96 Å². The van der Waals surface area contributed by atoms with Crippen molar-refractivity contribution in [3.63, 3.8) is 0 Å². The average Bonchev–Trinajstić information content (AvgIpc) is 3.14. The topological polar surface area (TPSA) is 47.9 Å². The minimum absolute atomic E-state index is 0.266. The zero-order chi connectivity index (χ0) is 20.6. The van der Waals surface area contributed by atoms with Gasteiger partial charge in [-0.2, -0.15) is 0 Å². The van der Waals surface area contributed by atoms with Crippen LogP contribution in [0.1, 0.15) is 42.0 Å². The summed E-state index contributed by atoms with van der Waals surface area (Å²) in [7, 11) is 3.87. The number of guanidine groups is 1. The molecular weight excluding hydrogens is 360 g/mol. The highest BCUT2D eigenvalue weighted by molar-refractivity contribution is 5.79. The van der Waals surface area contributed by atoms with Gasteiger partial charge in [-0.3, -0.25) is 9.79 Å². The minimum Gasteiger partial charge on any atom is -0.352 e. The van der Waals surface area contributed by atoms with Crippen LogP contribution in [0.25, 0.3) is 0 Å². The highest BCUT2D eigenvalue weighted by Gasteiger charge is 2.19. The van der Waals surface area contributed by atoms with Crippen LogP contribution in [0.15, 0.2) is 53.5 Å². The number of aliphatic imine (C=N–C) groups is 1. The molecule has 29 heavy (non-hydrogen) atoms. The van der Waals surface area contributed by atoms with Gasteiger partial charge in [0.25, 0.3) is 0 Å². The zero-order valence-electron chi connectivity index (χ0n) is 17.8. The second-order valence-electron chi connectivity index (χ2n) is 7.67. The number of nitrogens with one attached hydrogen (secondary N) is 1. The quantitative estimate of drug-likeness (QED) is 0.579. The Balaban J connectivity index is 1.55. The number of hydrogen-bond acceptors (Lipinski definition) is 2. The van der Waals surface area contributed by atoms with E-state index in [1.165, 1.54) is 22.3 Å². The first-order valence-electron chi connectivity index (χ1n) is 10.4. The fourth-order valence-electron chi connectivity index (χ4n) is 3.72. The summed E-state index contributed by atoms with van der Waals surface area (Å²) >= 11 is 0. The molecule has 0 aromatic heterocycles. The third kappa shape index (κ3) is 5.83. The number of likely N-dealkylation sites (tertiary alicyclic amines) is 1. The molecule has 1 amide bonds. The average molecular weight is 393 g/mol. The molecule has 1 N–H and O–H groups in total. The SMILES string of the molecule is CCc1ccc(CN(C)C(=NC)NCc2cccc(CN3CCCC3=O)c2)cc1. The van der Waals surface area contributed by atoms with Crippen LogP contribution in [-0.2, 0) is 30.8 Å². The van der Waals surface area contributed by atoms with E-state index in [1.54, 1.807) is 0 Å². The van der Waals surface area contributed by atoms with Gasteiger partial charge in [0.05, 0.1) is 0 Å². The van der Waals surface area contributed by atoms with Crippen LogP contribution in [0.5, 0.6) is 0 Å². The van der Waals surface area contributed by atoms with Crippen LogP contribution in [-0.4, -0.2) is 42.3 Å². The van der Waals surface area contributed by atoms with Gasteiger partial charge >= 0.3 is 0 Å². The molecule has 0 unspecified atom stereocenters. The summed E-state index contributed by atoms with van der Waals surface area (Å²) in [6, 6.07) is 17.2. The molecule has 1 heterocycles. The fourth-order valence-corrected chi connectivity index (χ4v) is 3.72. The van der Waals surface area contributed by atoms with Crippen LogP contribution < -0.4 is 5.32 Å². The largest absolute Gasteiger partial charge is 0.352 e. The summed E-state index contributed by atoms with van der Waals surface area (Å²) in [6.07, 6.45) is 2.72. The molecule has 5 nitrogen and oxygen atoms in total. The summed E-state index contributed by atoms with van der Waals surface area (Å²) < 4.78 is 0. The molecule has 0 radical (unpaired) electrons. The van der Waals surface area contributed by atoms with Gasteiger partial charge in [0.2, 0.25) is 5.91 Å². The second-order valence-corrected chi connectivity index (χ2v) is 7.67. The van der Waals surface area contributed by atoms with Crippen LogP contribution in [0.3, 0.4) is 0 Å². The summed E-state index contributed by atoms with van der Waals surface area (Å²) in [6.45, 7) is 5.26. The van der Waals surface area contributed by atoms with Gasteiger partial charge in [0.1, 0.15) is 0 Å². The molecule has 2 aromatic rings. The van der Waals surface area contributed by atoms with E-state index in [0.717, 1.165) is 31.9 Å². The van der Waals surface area contributed by atoms with Crippen molar-refractivity contribution in [1.29, 1.82) is 0 Å². The number of carbonyl (C=O) groups excluding carboxylic acids is 1. The maximum absolute atomic E-state index is 11.9. The van der Waals surface area contributed by atoms with Gasteiger partial charge in [-0.1, -0.05) is 55.5 Å². The predicted octanol–water partition coefficient (Wildman–Crippen LogP) is 3.58. The number of nitrogens with zero attached hydrogens (tertiary/aromatic N) is 3. The van der Waals surface area contributed by atoms with E-state index in [-0.39, 0.29) is 5.91 Å². The lowest BCUT2D eigenvalue weighted by molar-refractivity contribution is -0.128. The normalized spacial score (nSPS) is 14.4. The molecule has 3 rings (SSSR count). The lowest BCUT2D eigenvalue weighted by atomic mass is 10.1. The maximum Gasteiger partial charge on any atom is 0.222 e. The predicted molar refractivity (Wildman–Crippen MR) is 119 cm³/mol. The van der Waals surface area contributed by atoms with Gasteiger partial charge in [0, 0.05) is 46.7 Å². The van der Waals surface area contributed by atoms with Gasteiger partial charge in [-0.25, -0.2) is 0 Å². The van der Waals surface area contributed by atoms with E-state index in [0.29, 0.717) is 19.5 Å². The molecule has 2 aromatic carbocycles. The first-order chi connectivity index (χ1) is 14.1. The Hall–Kier alpha value is -2.82. The molecule has 0 saturated carbocycles. The van der Waals surface area contributed by atoms with Crippen molar-refractivity contribution in [1.82, 2.24) is 15.1 Å². The van der Waals surface area contributed by atoms with E-state index in [1.807, 2.05) is 11.9 Å². The second kappa shape index (κ2) is 10.1. The Kier molecular flexibility index (Phi) is 7.28. The van der Waals surface area contributed by atoms with E-state index in [2.05, 4.69) is 77.7 Å². The van der Waals surface area contributed by atoms with Crippen molar-refractivity contribution in [2.75, 3.05) is 20.6 Å². The van der Waals surface area contributed by atoms with Crippen molar-refractivity contribution >= 4 is 11.9 Å². The Bertz CT molecular complexity index is 844. The molecule has 0 aliphatic carbocycles. The highest BCUT2D eigenvalue weighted by atomic mass is 16.2. The molecule has 1 fully saturated rings. The smallest absolute Gasteiger partial charge is 0.222 e. The lowest BCUT2D eigenvalue weighted by Crippen LogP contribution is -2.38. The van der Waals surface area contributed by atoms with Crippen molar-refractivity contribution in [2.45, 2.75) is 45.8 Å². The summed E-state index contributed by atoms with van der Waals surface area (Å²) in [5.41, 5.74) is 4.99. The summed E-state index contributed by atoms with van der Waals surface area (Å²) in [4.78, 5) is 20.4. The maximum atomic E-state index is 11.9. The number of amides is 1. The van der Waals surface area contributed by atoms with Gasteiger partial charge in [-0.05, 0) is 35.1 Å². The van der Waals surface area contributed by atoms with Crippen LogP contribution in [0, 0.1) is 0 Å². The monoisotopic (exact) mass is 392 g/mol. The first kappa shape index (κ1) is 20.9. The molecule has 1 aliphatic rings. The Morgan fingerprint density at radius 2 is 1.83 bits per heavy atom. The van der Waals surface area contributed by atoms with Crippen molar-refractivity contribution in [3.8, 4) is 0 Å². The van der Waals surface area contributed by atoms with E-state index in [9.17, 15) is 4.79 Å². The van der Waals surface area contributed by atoms with Crippen LogP contribution >= 0.6 is 0 Å². The first-order valence-corrected chi connectivity index (χ1v) is 10.4. The number of hydrogen-bond donors (Lipinski definition) is 1. The van der Waals surface area contributed by atoms with E-state index >= 15 is 0 Å². The highest BCUT2D eigenvalue weighted by Crippen LogP contribution is 2.15. The number of carbonyl (C=O) groups is 1.